The fourth-order valence-corrected chi connectivity index (χ4v) is 12.4. The standard InChI is InChI=1S/C44H30N4Si/c1-4-14-32(15-5-1)42-46-43(48-44(47-42)39-21-12-13-29-45-39)33-25-23-31(24-26-33)34-27-28-41-38(30-34)37-20-10-11-22-40(37)49(41,35-16-6-2-7-17-35)36-18-8-3-9-19-36/h1-30H. The predicted molar refractivity (Wildman–Crippen MR) is 202 cm³/mol. The molecule has 0 atom stereocenters. The maximum Gasteiger partial charge on any atom is 0.182 e. The van der Waals surface area contributed by atoms with Crippen molar-refractivity contribution in [1.82, 2.24) is 19.9 Å². The van der Waals surface area contributed by atoms with Crippen LogP contribution in [0.25, 0.3) is 56.5 Å². The molecule has 6 aromatic carbocycles. The zero-order chi connectivity index (χ0) is 32.6. The normalized spacial score (nSPS) is 12.7. The first-order chi connectivity index (χ1) is 24.3. The summed E-state index contributed by atoms with van der Waals surface area (Å²) in [7, 11) is -2.50. The second-order valence-electron chi connectivity index (χ2n) is 12.3. The summed E-state index contributed by atoms with van der Waals surface area (Å²) >= 11 is 0. The van der Waals surface area contributed by atoms with Gasteiger partial charge in [0, 0.05) is 17.3 Å². The molecule has 1 aliphatic heterocycles. The molecule has 0 spiro atoms. The Morgan fingerprint density at radius 3 is 1.51 bits per heavy atom. The predicted octanol–water partition coefficient (Wildman–Crippen LogP) is 7.29. The fourth-order valence-electron chi connectivity index (χ4n) is 7.27. The van der Waals surface area contributed by atoms with E-state index in [1.54, 1.807) is 6.20 Å². The van der Waals surface area contributed by atoms with Gasteiger partial charge in [0.2, 0.25) is 0 Å². The van der Waals surface area contributed by atoms with E-state index in [0.717, 1.165) is 16.7 Å². The third-order valence-electron chi connectivity index (χ3n) is 9.50. The molecule has 49 heavy (non-hydrogen) atoms. The van der Waals surface area contributed by atoms with E-state index in [4.69, 9.17) is 15.0 Å². The number of nitrogens with zero attached hydrogens (tertiary/aromatic N) is 4. The largest absolute Gasteiger partial charge is 0.253 e. The van der Waals surface area contributed by atoms with Crippen molar-refractivity contribution in [2.24, 2.45) is 0 Å². The number of aromatic nitrogens is 4. The van der Waals surface area contributed by atoms with Gasteiger partial charge in [-0.1, -0.05) is 158 Å². The summed E-state index contributed by atoms with van der Waals surface area (Å²) in [4.78, 5) is 19.1. The van der Waals surface area contributed by atoms with Crippen molar-refractivity contribution in [2.75, 3.05) is 0 Å². The molecule has 8 aromatic rings. The molecule has 0 saturated heterocycles. The van der Waals surface area contributed by atoms with Gasteiger partial charge in [-0.3, -0.25) is 4.98 Å². The van der Waals surface area contributed by atoms with E-state index in [9.17, 15) is 0 Å². The summed E-state index contributed by atoms with van der Waals surface area (Å²) in [6, 6.07) is 62.7. The van der Waals surface area contributed by atoms with Gasteiger partial charge in [-0.05, 0) is 61.2 Å². The van der Waals surface area contributed by atoms with Crippen molar-refractivity contribution in [1.29, 1.82) is 0 Å². The molecule has 1 aliphatic rings. The lowest BCUT2D eigenvalue weighted by Crippen LogP contribution is -2.72. The highest BCUT2D eigenvalue weighted by atomic mass is 28.3. The summed E-state index contributed by atoms with van der Waals surface area (Å²) in [5.74, 6) is 1.79. The topological polar surface area (TPSA) is 51.6 Å². The van der Waals surface area contributed by atoms with Gasteiger partial charge in [-0.25, -0.2) is 15.0 Å². The maximum atomic E-state index is 4.90. The molecule has 0 aliphatic carbocycles. The molecule has 9 rings (SSSR count). The molecular formula is C44H30N4Si. The zero-order valence-corrected chi connectivity index (χ0v) is 27.6. The minimum Gasteiger partial charge on any atom is -0.253 e. The van der Waals surface area contributed by atoms with Crippen LogP contribution in [-0.4, -0.2) is 28.0 Å². The minimum atomic E-state index is -2.50. The summed E-state index contributed by atoms with van der Waals surface area (Å²) in [6.45, 7) is 0. The number of hydrogen-bond acceptors (Lipinski definition) is 4. The van der Waals surface area contributed by atoms with Crippen LogP contribution in [-0.2, 0) is 0 Å². The Morgan fingerprint density at radius 2 is 0.857 bits per heavy atom. The Morgan fingerprint density at radius 1 is 0.347 bits per heavy atom. The summed E-state index contributed by atoms with van der Waals surface area (Å²) < 4.78 is 0. The summed E-state index contributed by atoms with van der Waals surface area (Å²) in [6.07, 6.45) is 1.76. The summed E-state index contributed by atoms with van der Waals surface area (Å²) in [5.41, 5.74) is 7.54. The highest BCUT2D eigenvalue weighted by Gasteiger charge is 2.48. The molecule has 230 valence electrons. The number of fused-ring (bicyclic) bond motifs is 3. The molecule has 0 saturated carbocycles. The number of benzene rings is 6. The maximum absolute atomic E-state index is 4.90. The van der Waals surface area contributed by atoms with Crippen LogP contribution in [0.2, 0.25) is 0 Å². The van der Waals surface area contributed by atoms with Gasteiger partial charge < -0.3 is 0 Å². The first kappa shape index (κ1) is 28.9. The van der Waals surface area contributed by atoms with Crippen LogP contribution in [0.15, 0.2) is 182 Å². The lowest BCUT2D eigenvalue weighted by Gasteiger charge is -2.31. The Hall–Kier alpha value is -6.30. The molecule has 0 bridgehead atoms. The van der Waals surface area contributed by atoms with E-state index >= 15 is 0 Å². The Bertz CT molecular complexity index is 2320. The highest BCUT2D eigenvalue weighted by Crippen LogP contribution is 2.33. The molecule has 3 heterocycles. The van der Waals surface area contributed by atoms with Crippen LogP contribution < -0.4 is 20.7 Å². The molecule has 0 radical (unpaired) electrons. The van der Waals surface area contributed by atoms with Gasteiger partial charge in [0.25, 0.3) is 0 Å². The minimum absolute atomic E-state index is 0.551. The van der Waals surface area contributed by atoms with Crippen LogP contribution in [0.4, 0.5) is 0 Å². The van der Waals surface area contributed by atoms with E-state index < -0.39 is 8.07 Å². The third kappa shape index (κ3) is 4.91. The monoisotopic (exact) mass is 642 g/mol. The quantitative estimate of drug-likeness (QED) is 0.179. The lowest BCUT2D eigenvalue weighted by molar-refractivity contribution is 1.06. The molecule has 0 N–H and O–H groups in total. The van der Waals surface area contributed by atoms with E-state index in [1.807, 2.05) is 48.5 Å². The van der Waals surface area contributed by atoms with Gasteiger partial charge in [0.1, 0.15) is 5.69 Å². The smallest absolute Gasteiger partial charge is 0.182 e. The molecule has 0 unspecified atom stereocenters. The van der Waals surface area contributed by atoms with Crippen molar-refractivity contribution in [3.8, 4) is 56.5 Å². The van der Waals surface area contributed by atoms with Gasteiger partial charge >= 0.3 is 0 Å². The molecule has 2 aromatic heterocycles. The van der Waals surface area contributed by atoms with Gasteiger partial charge in [-0.15, -0.1) is 0 Å². The second-order valence-corrected chi connectivity index (χ2v) is 16.0. The zero-order valence-electron chi connectivity index (χ0n) is 26.6. The molecule has 0 fully saturated rings. The molecule has 4 nitrogen and oxygen atoms in total. The van der Waals surface area contributed by atoms with Crippen molar-refractivity contribution in [3.05, 3.63) is 182 Å². The van der Waals surface area contributed by atoms with E-state index in [1.165, 1.54) is 37.4 Å². The van der Waals surface area contributed by atoms with E-state index in [0.29, 0.717) is 23.2 Å². The fraction of sp³-hybridized carbons (Fsp3) is 0. The van der Waals surface area contributed by atoms with Crippen molar-refractivity contribution >= 4 is 28.8 Å². The second kappa shape index (κ2) is 12.1. The lowest BCUT2D eigenvalue weighted by atomic mass is 9.98. The van der Waals surface area contributed by atoms with Crippen molar-refractivity contribution < 1.29 is 0 Å². The Kier molecular flexibility index (Phi) is 7.10. The summed E-state index contributed by atoms with van der Waals surface area (Å²) in [5, 5.41) is 5.69. The molecular weight excluding hydrogens is 613 g/mol. The van der Waals surface area contributed by atoms with Crippen LogP contribution in [0.3, 0.4) is 0 Å². The molecule has 0 amide bonds. The van der Waals surface area contributed by atoms with Gasteiger partial charge in [0.15, 0.2) is 25.5 Å². The number of hydrogen-bond donors (Lipinski definition) is 0. The van der Waals surface area contributed by atoms with E-state index in [2.05, 4.69) is 132 Å². The van der Waals surface area contributed by atoms with Crippen LogP contribution in [0, 0.1) is 0 Å². The van der Waals surface area contributed by atoms with Crippen LogP contribution >= 0.6 is 0 Å². The third-order valence-corrected chi connectivity index (χ3v) is 14.4. The number of pyridine rings is 1. The first-order valence-corrected chi connectivity index (χ1v) is 18.5. The van der Waals surface area contributed by atoms with Crippen molar-refractivity contribution in [3.63, 3.8) is 0 Å². The first-order valence-electron chi connectivity index (χ1n) is 16.5. The van der Waals surface area contributed by atoms with Crippen LogP contribution in [0.1, 0.15) is 0 Å². The Balaban J connectivity index is 1.15. The van der Waals surface area contributed by atoms with Crippen LogP contribution in [0.5, 0.6) is 0 Å². The van der Waals surface area contributed by atoms with Crippen molar-refractivity contribution in [2.45, 2.75) is 0 Å². The highest BCUT2D eigenvalue weighted by molar-refractivity contribution is 7.22. The van der Waals surface area contributed by atoms with Gasteiger partial charge in [0.05, 0.1) is 0 Å². The van der Waals surface area contributed by atoms with E-state index in [-0.39, 0.29) is 0 Å². The SMILES string of the molecule is c1ccc(-c2nc(-c3ccc(-c4ccc5c(c4)-c4ccccc4[Si]5(c4ccccc4)c4ccccc4)cc3)nc(-c3ccccn3)n2)cc1. The Labute approximate surface area is 286 Å². The van der Waals surface area contributed by atoms with Gasteiger partial charge in [-0.2, -0.15) is 0 Å². The number of rotatable bonds is 6. The average molecular weight is 643 g/mol. The molecule has 5 heteroatoms. The average Bonchev–Trinajstić information content (AvgIpc) is 3.49.